The molecule has 0 saturated carbocycles. The van der Waals surface area contributed by atoms with Gasteiger partial charge >= 0.3 is 0 Å². The second-order valence-corrected chi connectivity index (χ2v) is 8.11. The van der Waals surface area contributed by atoms with Crippen molar-refractivity contribution in [2.45, 2.75) is 6.92 Å². The monoisotopic (exact) mass is 411 g/mol. The van der Waals surface area contributed by atoms with Gasteiger partial charge in [-0.25, -0.2) is 0 Å². The zero-order chi connectivity index (χ0) is 18.8. The second-order valence-electron chi connectivity index (χ2n) is 6.12. The molecular weight excluding hydrogens is 393 g/mol. The fourth-order valence-electron chi connectivity index (χ4n) is 2.83. The van der Waals surface area contributed by atoms with Gasteiger partial charge in [0.15, 0.2) is 0 Å². The first-order valence-electron chi connectivity index (χ1n) is 8.18. The third-order valence-electron chi connectivity index (χ3n) is 4.37. The summed E-state index contributed by atoms with van der Waals surface area (Å²) in [5.74, 6) is 1.67. The van der Waals surface area contributed by atoms with Gasteiger partial charge in [0.05, 0.1) is 5.02 Å². The molecule has 0 radical (unpaired) electrons. The number of hydrogen-bond acceptors (Lipinski definition) is 3. The molecule has 1 fully saturated rings. The van der Waals surface area contributed by atoms with Crippen LogP contribution in [0.25, 0.3) is 0 Å². The van der Waals surface area contributed by atoms with Gasteiger partial charge in [0.25, 0.3) is 11.8 Å². The molecule has 8 heteroatoms. The standard InChI is InChI=1S/C18H19Cl2N3O2S/c1-11-9-12(18(25)23-5-7-26-8-6-23)3-4-14(11)21-17(24)15-10-13(19)16(20)22(15)2/h3-4,9-10H,5-8H2,1-2H3,(H,21,24). The van der Waals surface area contributed by atoms with Gasteiger partial charge in [-0.05, 0) is 36.8 Å². The Morgan fingerprint density at radius 1 is 1.15 bits per heavy atom. The maximum atomic E-state index is 12.6. The molecule has 1 saturated heterocycles. The van der Waals surface area contributed by atoms with Crippen molar-refractivity contribution in [1.29, 1.82) is 0 Å². The number of benzene rings is 1. The molecule has 0 aliphatic carbocycles. The summed E-state index contributed by atoms with van der Waals surface area (Å²) in [7, 11) is 1.68. The van der Waals surface area contributed by atoms with Crippen molar-refractivity contribution in [3.8, 4) is 0 Å². The highest BCUT2D eigenvalue weighted by Gasteiger charge is 2.20. The van der Waals surface area contributed by atoms with Crippen LogP contribution in [0.5, 0.6) is 0 Å². The SMILES string of the molecule is Cc1cc(C(=O)N2CCSCC2)ccc1NC(=O)c1cc(Cl)c(Cl)n1C. The number of carbonyl (C=O) groups excluding carboxylic acids is 2. The fraction of sp³-hybridized carbons (Fsp3) is 0.333. The van der Waals surface area contributed by atoms with E-state index in [0.29, 0.717) is 27.1 Å². The predicted octanol–water partition coefficient (Wildman–Crippen LogP) is 4.08. The van der Waals surface area contributed by atoms with E-state index in [2.05, 4.69) is 5.32 Å². The van der Waals surface area contributed by atoms with Gasteiger partial charge in [-0.1, -0.05) is 23.2 Å². The molecule has 0 atom stereocenters. The fourth-order valence-corrected chi connectivity index (χ4v) is 4.11. The molecule has 0 bridgehead atoms. The zero-order valence-electron chi connectivity index (χ0n) is 14.5. The Balaban J connectivity index is 1.76. The number of nitrogens with zero attached hydrogens (tertiary/aromatic N) is 2. The lowest BCUT2D eigenvalue weighted by atomic mass is 10.1. The summed E-state index contributed by atoms with van der Waals surface area (Å²) in [5.41, 5.74) is 2.47. The van der Waals surface area contributed by atoms with Crippen molar-refractivity contribution < 1.29 is 9.59 Å². The first-order chi connectivity index (χ1) is 12.4. The summed E-state index contributed by atoms with van der Waals surface area (Å²) in [6.45, 7) is 3.41. The number of amides is 2. The van der Waals surface area contributed by atoms with Gasteiger partial charge in [0.2, 0.25) is 0 Å². The van der Waals surface area contributed by atoms with E-state index in [1.165, 1.54) is 10.6 Å². The van der Waals surface area contributed by atoms with Gasteiger partial charge in [0.1, 0.15) is 10.8 Å². The number of aromatic nitrogens is 1. The molecule has 5 nitrogen and oxygen atoms in total. The highest BCUT2D eigenvalue weighted by atomic mass is 35.5. The average Bonchev–Trinajstić information content (AvgIpc) is 2.91. The Morgan fingerprint density at radius 3 is 2.42 bits per heavy atom. The van der Waals surface area contributed by atoms with Crippen LogP contribution in [0.3, 0.4) is 0 Å². The molecule has 0 unspecified atom stereocenters. The van der Waals surface area contributed by atoms with Crippen LogP contribution in [0.1, 0.15) is 26.4 Å². The van der Waals surface area contributed by atoms with Crippen LogP contribution in [0.2, 0.25) is 10.2 Å². The number of nitrogens with one attached hydrogen (secondary N) is 1. The lowest BCUT2D eigenvalue weighted by molar-refractivity contribution is 0.0772. The predicted molar refractivity (Wildman–Crippen MR) is 108 cm³/mol. The molecular formula is C18H19Cl2N3O2S. The van der Waals surface area contributed by atoms with Crippen LogP contribution in [0, 0.1) is 6.92 Å². The molecule has 1 aliphatic rings. The van der Waals surface area contributed by atoms with Crippen LogP contribution in [0.4, 0.5) is 5.69 Å². The first kappa shape index (κ1) is 19.1. The van der Waals surface area contributed by atoms with Crippen molar-refractivity contribution in [1.82, 2.24) is 9.47 Å². The molecule has 3 rings (SSSR count). The Bertz CT molecular complexity index is 860. The number of halogens is 2. The summed E-state index contributed by atoms with van der Waals surface area (Å²) in [5, 5.41) is 3.49. The number of rotatable bonds is 3. The second kappa shape index (κ2) is 7.94. The van der Waals surface area contributed by atoms with Gasteiger partial charge in [-0.15, -0.1) is 0 Å². The number of aryl methyl sites for hydroxylation is 1. The number of carbonyl (C=O) groups is 2. The molecule has 2 amide bonds. The summed E-state index contributed by atoms with van der Waals surface area (Å²) in [4.78, 5) is 27.0. The average molecular weight is 412 g/mol. The minimum atomic E-state index is -0.309. The Labute approximate surface area is 166 Å². The number of thioether (sulfide) groups is 1. The maximum Gasteiger partial charge on any atom is 0.272 e. The van der Waals surface area contributed by atoms with E-state index in [0.717, 1.165) is 30.2 Å². The van der Waals surface area contributed by atoms with Gasteiger partial charge in [-0.3, -0.25) is 9.59 Å². The van der Waals surface area contributed by atoms with Crippen LogP contribution < -0.4 is 5.32 Å². The molecule has 0 spiro atoms. The minimum absolute atomic E-state index is 0.0345. The third kappa shape index (κ3) is 3.87. The Kier molecular flexibility index (Phi) is 5.85. The Hall–Kier alpha value is -1.63. The van der Waals surface area contributed by atoms with Crippen molar-refractivity contribution in [3.05, 3.63) is 51.3 Å². The summed E-state index contributed by atoms with van der Waals surface area (Å²) in [6.07, 6.45) is 0. The van der Waals surface area contributed by atoms with E-state index in [9.17, 15) is 9.59 Å². The smallest absolute Gasteiger partial charge is 0.272 e. The van der Waals surface area contributed by atoms with Crippen molar-refractivity contribution in [2.75, 3.05) is 29.9 Å². The molecule has 1 aliphatic heterocycles. The third-order valence-corrected chi connectivity index (χ3v) is 6.15. The first-order valence-corrected chi connectivity index (χ1v) is 10.1. The summed E-state index contributed by atoms with van der Waals surface area (Å²) in [6, 6.07) is 6.84. The largest absolute Gasteiger partial charge is 0.337 e. The lowest BCUT2D eigenvalue weighted by Gasteiger charge is -2.26. The van der Waals surface area contributed by atoms with Gasteiger partial charge < -0.3 is 14.8 Å². The molecule has 1 aromatic carbocycles. The highest BCUT2D eigenvalue weighted by molar-refractivity contribution is 7.99. The minimum Gasteiger partial charge on any atom is -0.337 e. The van der Waals surface area contributed by atoms with E-state index in [1.54, 1.807) is 19.2 Å². The molecule has 26 heavy (non-hydrogen) atoms. The topological polar surface area (TPSA) is 54.3 Å². The molecule has 138 valence electrons. The van der Waals surface area contributed by atoms with Crippen molar-refractivity contribution >= 4 is 52.5 Å². The highest BCUT2D eigenvalue weighted by Crippen LogP contribution is 2.26. The van der Waals surface area contributed by atoms with E-state index in [-0.39, 0.29) is 11.8 Å². The summed E-state index contributed by atoms with van der Waals surface area (Å²) >= 11 is 13.8. The van der Waals surface area contributed by atoms with Crippen molar-refractivity contribution in [3.63, 3.8) is 0 Å². The van der Waals surface area contributed by atoms with Gasteiger partial charge in [0, 0.05) is 42.9 Å². The zero-order valence-corrected chi connectivity index (χ0v) is 16.8. The number of anilines is 1. The van der Waals surface area contributed by atoms with Crippen LogP contribution >= 0.6 is 35.0 Å². The van der Waals surface area contributed by atoms with E-state index >= 15 is 0 Å². The van der Waals surface area contributed by atoms with Crippen LogP contribution in [-0.2, 0) is 7.05 Å². The van der Waals surface area contributed by atoms with E-state index in [1.807, 2.05) is 29.7 Å². The molecule has 1 aromatic heterocycles. The van der Waals surface area contributed by atoms with Gasteiger partial charge in [-0.2, -0.15) is 11.8 Å². The number of hydrogen-bond donors (Lipinski definition) is 1. The Morgan fingerprint density at radius 2 is 1.85 bits per heavy atom. The maximum absolute atomic E-state index is 12.6. The molecule has 1 N–H and O–H groups in total. The molecule has 2 aromatic rings. The molecule has 2 heterocycles. The van der Waals surface area contributed by atoms with Crippen LogP contribution in [-0.4, -0.2) is 45.9 Å². The normalized spacial score (nSPS) is 14.4. The van der Waals surface area contributed by atoms with E-state index in [4.69, 9.17) is 23.2 Å². The van der Waals surface area contributed by atoms with Crippen molar-refractivity contribution in [2.24, 2.45) is 7.05 Å². The quantitative estimate of drug-likeness (QED) is 0.827. The lowest BCUT2D eigenvalue weighted by Crippen LogP contribution is -2.37. The van der Waals surface area contributed by atoms with E-state index < -0.39 is 0 Å². The van der Waals surface area contributed by atoms with Crippen LogP contribution in [0.15, 0.2) is 24.3 Å². The summed E-state index contributed by atoms with van der Waals surface area (Å²) < 4.78 is 1.53.